The maximum absolute atomic E-state index is 13.5. The number of amides is 2. The summed E-state index contributed by atoms with van der Waals surface area (Å²) in [5, 5.41) is 18.9. The van der Waals surface area contributed by atoms with Gasteiger partial charge in [-0.15, -0.1) is 6.58 Å². The number of carboxylic acid groups (broad SMARTS) is 1. The van der Waals surface area contributed by atoms with E-state index in [9.17, 15) is 24.6 Å². The average Bonchev–Trinajstić information content (AvgIpc) is 3.24. The summed E-state index contributed by atoms with van der Waals surface area (Å²) in [4.78, 5) is 41.6. The number of carbonyl (C=O) groups is 3. The van der Waals surface area contributed by atoms with Crippen molar-refractivity contribution in [2.45, 2.75) is 56.9 Å². The van der Waals surface area contributed by atoms with Gasteiger partial charge in [0.2, 0.25) is 11.8 Å². The van der Waals surface area contributed by atoms with Crippen LogP contribution in [0.15, 0.2) is 12.7 Å². The van der Waals surface area contributed by atoms with Crippen molar-refractivity contribution < 1.29 is 29.3 Å². The number of fused-ring (bicyclic) bond motifs is 1. The van der Waals surface area contributed by atoms with E-state index >= 15 is 0 Å². The molecule has 2 bridgehead atoms. The molecular weight excluding hydrogens is 352 g/mol. The molecule has 3 fully saturated rings. The molecule has 1 spiro atoms. The van der Waals surface area contributed by atoms with Crippen LogP contribution in [-0.4, -0.2) is 81.3 Å². The lowest BCUT2D eigenvalue weighted by Crippen LogP contribution is -2.57. The van der Waals surface area contributed by atoms with Gasteiger partial charge in [0.1, 0.15) is 11.6 Å². The van der Waals surface area contributed by atoms with Crippen LogP contribution in [0.25, 0.3) is 0 Å². The molecular formula is C19H28N2O6. The highest BCUT2D eigenvalue weighted by Crippen LogP contribution is 2.58. The number of carboxylic acids is 1. The molecule has 2 N–H and O–H groups in total. The van der Waals surface area contributed by atoms with Gasteiger partial charge < -0.3 is 24.7 Å². The topological polar surface area (TPSA) is 107 Å². The SMILES string of the molecule is C=CCN(C(=O)[C@@H]1N(CCCO)C(=O)[C@H]2[C@H](C(=O)O)[C@@H]3CC[C@]12O3)C(C)C. The Kier molecular flexibility index (Phi) is 5.31. The summed E-state index contributed by atoms with van der Waals surface area (Å²) in [6, 6.07) is -0.965. The second-order valence-electron chi connectivity index (χ2n) is 7.88. The Morgan fingerprint density at radius 2 is 2.19 bits per heavy atom. The maximum Gasteiger partial charge on any atom is 0.310 e. The third-order valence-corrected chi connectivity index (χ3v) is 6.11. The molecule has 0 aromatic heterocycles. The van der Waals surface area contributed by atoms with Gasteiger partial charge >= 0.3 is 5.97 Å². The van der Waals surface area contributed by atoms with Crippen LogP contribution in [0, 0.1) is 11.8 Å². The highest BCUT2D eigenvalue weighted by Gasteiger charge is 2.74. The summed E-state index contributed by atoms with van der Waals surface area (Å²) in [6.07, 6.45) is 2.45. The zero-order valence-electron chi connectivity index (χ0n) is 15.8. The zero-order valence-corrected chi connectivity index (χ0v) is 15.8. The number of rotatable bonds is 8. The van der Waals surface area contributed by atoms with Gasteiger partial charge in [-0.1, -0.05) is 6.08 Å². The van der Waals surface area contributed by atoms with Crippen molar-refractivity contribution >= 4 is 17.8 Å². The molecule has 0 aliphatic carbocycles. The quantitative estimate of drug-likeness (QED) is 0.585. The van der Waals surface area contributed by atoms with Crippen LogP contribution in [-0.2, 0) is 19.1 Å². The summed E-state index contributed by atoms with van der Waals surface area (Å²) in [7, 11) is 0. The molecule has 0 aromatic carbocycles. The van der Waals surface area contributed by atoms with Crippen LogP contribution in [0.1, 0.15) is 33.1 Å². The Morgan fingerprint density at radius 1 is 1.48 bits per heavy atom. The van der Waals surface area contributed by atoms with Crippen LogP contribution < -0.4 is 0 Å². The lowest BCUT2D eigenvalue weighted by atomic mass is 9.70. The molecule has 150 valence electrons. The fourth-order valence-electron chi connectivity index (χ4n) is 5.05. The minimum atomic E-state index is -1.09. The number of aliphatic hydroxyl groups excluding tert-OH is 1. The van der Waals surface area contributed by atoms with Crippen molar-refractivity contribution in [1.82, 2.24) is 9.80 Å². The first-order valence-electron chi connectivity index (χ1n) is 9.53. The maximum atomic E-state index is 13.5. The normalized spacial score (nSPS) is 34.2. The molecule has 3 aliphatic rings. The van der Waals surface area contributed by atoms with Gasteiger partial charge in [-0.25, -0.2) is 0 Å². The third-order valence-electron chi connectivity index (χ3n) is 6.11. The Morgan fingerprint density at radius 3 is 2.74 bits per heavy atom. The van der Waals surface area contributed by atoms with E-state index in [-0.39, 0.29) is 31.0 Å². The van der Waals surface area contributed by atoms with Crippen molar-refractivity contribution in [2.75, 3.05) is 19.7 Å². The number of aliphatic carboxylic acids is 1. The number of nitrogens with zero attached hydrogens (tertiary/aromatic N) is 2. The van der Waals surface area contributed by atoms with Gasteiger partial charge in [0, 0.05) is 25.7 Å². The highest BCUT2D eigenvalue weighted by atomic mass is 16.5. The standard InChI is InChI=1S/C19H28N2O6/c1-4-8-20(11(2)3)17(24)15-19-7-6-12(27-19)13(18(25)26)14(19)16(23)21(15)9-5-10-22/h4,11-15,22H,1,5-10H2,2-3H3,(H,25,26)/t12-,13+,14+,15-,19+/m0/s1. The fourth-order valence-corrected chi connectivity index (χ4v) is 5.05. The van der Waals surface area contributed by atoms with Gasteiger partial charge in [-0.2, -0.15) is 0 Å². The molecule has 0 saturated carbocycles. The van der Waals surface area contributed by atoms with E-state index in [2.05, 4.69) is 6.58 Å². The second kappa shape index (κ2) is 7.24. The van der Waals surface area contributed by atoms with E-state index in [0.29, 0.717) is 25.8 Å². The van der Waals surface area contributed by atoms with Crippen molar-refractivity contribution in [2.24, 2.45) is 11.8 Å². The predicted molar refractivity (Wildman–Crippen MR) is 95.7 cm³/mol. The summed E-state index contributed by atoms with van der Waals surface area (Å²) in [5.41, 5.74) is -1.09. The van der Waals surface area contributed by atoms with Gasteiger partial charge in [-0.3, -0.25) is 14.4 Å². The van der Waals surface area contributed by atoms with E-state index in [1.54, 1.807) is 11.0 Å². The fraction of sp³-hybridized carbons (Fsp3) is 0.737. The summed E-state index contributed by atoms with van der Waals surface area (Å²) in [6.45, 7) is 7.90. The van der Waals surface area contributed by atoms with Crippen LogP contribution in [0.2, 0.25) is 0 Å². The minimum absolute atomic E-state index is 0.102. The molecule has 8 nitrogen and oxygen atoms in total. The molecule has 3 aliphatic heterocycles. The Bertz CT molecular complexity index is 650. The van der Waals surface area contributed by atoms with Crippen LogP contribution in [0.5, 0.6) is 0 Å². The molecule has 3 heterocycles. The Balaban J connectivity index is 2.03. The molecule has 0 unspecified atom stereocenters. The van der Waals surface area contributed by atoms with Gasteiger partial charge in [0.25, 0.3) is 0 Å². The molecule has 27 heavy (non-hydrogen) atoms. The molecule has 3 saturated heterocycles. The summed E-state index contributed by atoms with van der Waals surface area (Å²) in [5.74, 6) is -3.42. The first kappa shape index (κ1) is 19.8. The molecule has 0 radical (unpaired) electrons. The van der Waals surface area contributed by atoms with E-state index in [1.807, 2.05) is 13.8 Å². The zero-order chi connectivity index (χ0) is 19.9. The van der Waals surface area contributed by atoms with E-state index in [0.717, 1.165) is 0 Å². The first-order valence-corrected chi connectivity index (χ1v) is 9.53. The van der Waals surface area contributed by atoms with Crippen LogP contribution in [0.3, 0.4) is 0 Å². The van der Waals surface area contributed by atoms with E-state index < -0.39 is 35.6 Å². The number of ether oxygens (including phenoxy) is 1. The van der Waals surface area contributed by atoms with Crippen molar-refractivity contribution in [3.8, 4) is 0 Å². The van der Waals surface area contributed by atoms with Gasteiger partial charge in [0.15, 0.2) is 0 Å². The van der Waals surface area contributed by atoms with Crippen molar-refractivity contribution in [1.29, 1.82) is 0 Å². The number of hydrogen-bond acceptors (Lipinski definition) is 5. The van der Waals surface area contributed by atoms with Crippen LogP contribution in [0.4, 0.5) is 0 Å². The highest BCUT2D eigenvalue weighted by molar-refractivity contribution is 5.98. The largest absolute Gasteiger partial charge is 0.481 e. The number of carbonyl (C=O) groups excluding carboxylic acids is 2. The average molecular weight is 380 g/mol. The second-order valence-corrected chi connectivity index (χ2v) is 7.88. The molecule has 5 atom stereocenters. The number of aliphatic hydroxyl groups is 1. The lowest BCUT2D eigenvalue weighted by molar-refractivity contribution is -0.151. The van der Waals surface area contributed by atoms with E-state index in [1.165, 1.54) is 4.90 Å². The molecule has 0 aromatic rings. The van der Waals surface area contributed by atoms with Crippen molar-refractivity contribution in [3.63, 3.8) is 0 Å². The summed E-state index contributed by atoms with van der Waals surface area (Å²) >= 11 is 0. The Hall–Kier alpha value is -1.93. The minimum Gasteiger partial charge on any atom is -0.481 e. The van der Waals surface area contributed by atoms with Crippen LogP contribution >= 0.6 is 0 Å². The first-order chi connectivity index (χ1) is 12.8. The molecule has 3 rings (SSSR count). The Labute approximate surface area is 158 Å². The van der Waals surface area contributed by atoms with Gasteiger partial charge in [-0.05, 0) is 33.1 Å². The molecule has 8 heteroatoms. The van der Waals surface area contributed by atoms with Gasteiger partial charge in [0.05, 0.1) is 17.9 Å². The lowest BCUT2D eigenvalue weighted by Gasteiger charge is -2.38. The smallest absolute Gasteiger partial charge is 0.310 e. The summed E-state index contributed by atoms with van der Waals surface area (Å²) < 4.78 is 6.10. The molecule has 2 amide bonds. The number of hydrogen-bond donors (Lipinski definition) is 2. The predicted octanol–water partition coefficient (Wildman–Crippen LogP) is 0.251. The third kappa shape index (κ3) is 2.86. The van der Waals surface area contributed by atoms with E-state index in [4.69, 9.17) is 4.74 Å². The van der Waals surface area contributed by atoms with Crippen molar-refractivity contribution in [3.05, 3.63) is 12.7 Å². The number of likely N-dealkylation sites (tertiary alicyclic amines) is 1. The monoisotopic (exact) mass is 380 g/mol.